The Morgan fingerprint density at radius 1 is 1.00 bits per heavy atom. The first-order valence-electron chi connectivity index (χ1n) is 9.45. The zero-order valence-corrected chi connectivity index (χ0v) is 14.8. The number of aryl methyl sites for hydroxylation is 1. The van der Waals surface area contributed by atoms with Crippen molar-refractivity contribution in [3.8, 4) is 0 Å². The van der Waals surface area contributed by atoms with Crippen LogP contribution >= 0.6 is 0 Å². The molecule has 1 aromatic carbocycles. The fraction of sp³-hybridized carbons (Fsp3) is 0.600. The quantitative estimate of drug-likeness (QED) is 0.841. The molecule has 2 amide bonds. The molecule has 2 aliphatic heterocycles. The third-order valence-corrected chi connectivity index (χ3v) is 5.37. The molecule has 0 radical (unpaired) electrons. The van der Waals surface area contributed by atoms with Crippen LogP contribution in [-0.2, 0) is 16.0 Å². The van der Waals surface area contributed by atoms with Crippen molar-refractivity contribution >= 4 is 11.8 Å². The van der Waals surface area contributed by atoms with Crippen LogP contribution in [-0.4, -0.2) is 47.8 Å². The fourth-order valence-corrected chi connectivity index (χ4v) is 3.84. The number of likely N-dealkylation sites (tertiary alicyclic amines) is 2. The number of nitrogens with zero attached hydrogens (tertiary/aromatic N) is 2. The highest BCUT2D eigenvalue weighted by Crippen LogP contribution is 2.22. The molecule has 2 heterocycles. The molecule has 5 heteroatoms. The summed E-state index contributed by atoms with van der Waals surface area (Å²) >= 11 is 0. The van der Waals surface area contributed by atoms with Crippen LogP contribution in [0.2, 0.25) is 0 Å². The molecule has 0 aromatic heterocycles. The standard InChI is InChI=1S/C20H27FN2O2/c21-18-8-4-3-7-16(18)9-10-19(24)23-14-11-17(15-23)20(25)22-12-5-1-2-6-13-22/h3-4,7-8,17H,1-2,5-6,9-15H2. The van der Waals surface area contributed by atoms with E-state index in [0.717, 1.165) is 32.4 Å². The molecule has 0 aliphatic carbocycles. The van der Waals surface area contributed by atoms with Gasteiger partial charge in [0.1, 0.15) is 5.82 Å². The number of carbonyl (C=O) groups is 2. The Bertz CT molecular complexity index is 611. The van der Waals surface area contributed by atoms with Crippen LogP contribution in [0.3, 0.4) is 0 Å². The third-order valence-electron chi connectivity index (χ3n) is 5.37. The van der Waals surface area contributed by atoms with Gasteiger partial charge < -0.3 is 9.80 Å². The monoisotopic (exact) mass is 346 g/mol. The lowest BCUT2D eigenvalue weighted by atomic mass is 10.1. The number of halogens is 1. The van der Waals surface area contributed by atoms with Gasteiger partial charge in [0, 0.05) is 32.6 Å². The molecule has 2 fully saturated rings. The van der Waals surface area contributed by atoms with Crippen molar-refractivity contribution in [2.75, 3.05) is 26.2 Å². The highest BCUT2D eigenvalue weighted by atomic mass is 19.1. The Kier molecular flexibility index (Phi) is 6.05. The largest absolute Gasteiger partial charge is 0.342 e. The van der Waals surface area contributed by atoms with Crippen LogP contribution < -0.4 is 0 Å². The van der Waals surface area contributed by atoms with E-state index in [0.29, 0.717) is 31.5 Å². The number of rotatable bonds is 4. The summed E-state index contributed by atoms with van der Waals surface area (Å²) in [5, 5.41) is 0. The summed E-state index contributed by atoms with van der Waals surface area (Å²) in [6.45, 7) is 2.87. The number of hydrogen-bond acceptors (Lipinski definition) is 2. The zero-order valence-electron chi connectivity index (χ0n) is 14.8. The first kappa shape index (κ1) is 17.9. The van der Waals surface area contributed by atoms with Crippen LogP contribution in [0.25, 0.3) is 0 Å². The summed E-state index contributed by atoms with van der Waals surface area (Å²) in [5.41, 5.74) is 0.576. The Balaban J connectivity index is 1.49. The Hall–Kier alpha value is -1.91. The van der Waals surface area contributed by atoms with Crippen LogP contribution in [0.5, 0.6) is 0 Å². The van der Waals surface area contributed by atoms with Gasteiger partial charge in [-0.3, -0.25) is 9.59 Å². The first-order chi connectivity index (χ1) is 12.1. The molecule has 0 bridgehead atoms. The summed E-state index contributed by atoms with van der Waals surface area (Å²) < 4.78 is 13.6. The van der Waals surface area contributed by atoms with E-state index in [4.69, 9.17) is 0 Å². The maximum atomic E-state index is 13.6. The predicted octanol–water partition coefficient (Wildman–Crippen LogP) is 3.01. The number of carbonyl (C=O) groups excluding carboxylic acids is 2. The van der Waals surface area contributed by atoms with Crippen molar-refractivity contribution in [1.82, 2.24) is 9.80 Å². The van der Waals surface area contributed by atoms with E-state index in [2.05, 4.69) is 0 Å². The van der Waals surface area contributed by atoms with Gasteiger partial charge in [-0.15, -0.1) is 0 Å². The summed E-state index contributed by atoms with van der Waals surface area (Å²) in [6, 6.07) is 6.58. The molecule has 1 atom stereocenters. The normalized spacial score (nSPS) is 21.2. The first-order valence-corrected chi connectivity index (χ1v) is 9.45. The van der Waals surface area contributed by atoms with Gasteiger partial charge in [-0.05, 0) is 37.3 Å². The van der Waals surface area contributed by atoms with Gasteiger partial charge in [-0.2, -0.15) is 0 Å². The molecule has 0 N–H and O–H groups in total. The average Bonchev–Trinajstić information content (AvgIpc) is 2.96. The summed E-state index contributed by atoms with van der Waals surface area (Å²) in [4.78, 5) is 28.9. The number of hydrogen-bond donors (Lipinski definition) is 0. The smallest absolute Gasteiger partial charge is 0.227 e. The Labute approximate surface area is 149 Å². The second-order valence-electron chi connectivity index (χ2n) is 7.16. The van der Waals surface area contributed by atoms with Crippen molar-refractivity contribution in [3.63, 3.8) is 0 Å². The molecule has 0 spiro atoms. The maximum absolute atomic E-state index is 13.6. The van der Waals surface area contributed by atoms with Gasteiger partial charge in [-0.25, -0.2) is 4.39 Å². The lowest BCUT2D eigenvalue weighted by Gasteiger charge is -2.24. The van der Waals surface area contributed by atoms with Gasteiger partial charge in [0.15, 0.2) is 0 Å². The Morgan fingerprint density at radius 2 is 1.72 bits per heavy atom. The lowest BCUT2D eigenvalue weighted by molar-refractivity contribution is -0.135. The van der Waals surface area contributed by atoms with Crippen molar-refractivity contribution in [3.05, 3.63) is 35.6 Å². The SMILES string of the molecule is O=C(CCc1ccccc1F)N1CCC(C(=O)N2CCCCCC2)C1. The second-order valence-corrected chi connectivity index (χ2v) is 7.16. The van der Waals surface area contributed by atoms with Gasteiger partial charge in [-0.1, -0.05) is 31.0 Å². The Morgan fingerprint density at radius 3 is 2.44 bits per heavy atom. The number of amides is 2. The molecular formula is C20H27FN2O2. The highest BCUT2D eigenvalue weighted by Gasteiger charge is 2.33. The van der Waals surface area contributed by atoms with Crippen LogP contribution in [0, 0.1) is 11.7 Å². The fourth-order valence-electron chi connectivity index (χ4n) is 3.84. The van der Waals surface area contributed by atoms with E-state index >= 15 is 0 Å². The molecule has 25 heavy (non-hydrogen) atoms. The molecule has 1 aromatic rings. The molecule has 2 aliphatic rings. The molecule has 4 nitrogen and oxygen atoms in total. The molecule has 1 unspecified atom stereocenters. The lowest BCUT2D eigenvalue weighted by Crippen LogP contribution is -2.38. The summed E-state index contributed by atoms with van der Waals surface area (Å²) in [6.07, 6.45) is 6.04. The van der Waals surface area contributed by atoms with E-state index in [-0.39, 0.29) is 23.5 Å². The molecule has 136 valence electrons. The second kappa shape index (κ2) is 8.45. The minimum atomic E-state index is -0.258. The van der Waals surface area contributed by atoms with Gasteiger partial charge in [0.05, 0.1) is 5.92 Å². The van der Waals surface area contributed by atoms with Crippen molar-refractivity contribution in [2.45, 2.75) is 44.9 Å². The summed E-state index contributed by atoms with van der Waals surface area (Å²) in [7, 11) is 0. The molecular weight excluding hydrogens is 319 g/mol. The summed E-state index contributed by atoms with van der Waals surface area (Å²) in [5.74, 6) is -0.0813. The third kappa shape index (κ3) is 4.59. The van der Waals surface area contributed by atoms with E-state index in [1.807, 2.05) is 4.90 Å². The molecule has 0 saturated carbocycles. The van der Waals surface area contributed by atoms with E-state index in [1.165, 1.54) is 18.9 Å². The van der Waals surface area contributed by atoms with E-state index in [1.54, 1.807) is 23.1 Å². The minimum Gasteiger partial charge on any atom is -0.342 e. The molecule has 3 rings (SSSR count). The van der Waals surface area contributed by atoms with Crippen molar-refractivity contribution in [2.24, 2.45) is 5.92 Å². The van der Waals surface area contributed by atoms with Crippen LogP contribution in [0.1, 0.15) is 44.1 Å². The number of benzene rings is 1. The van der Waals surface area contributed by atoms with Crippen LogP contribution in [0.4, 0.5) is 4.39 Å². The zero-order chi connectivity index (χ0) is 17.6. The van der Waals surface area contributed by atoms with Crippen molar-refractivity contribution < 1.29 is 14.0 Å². The van der Waals surface area contributed by atoms with E-state index < -0.39 is 0 Å². The average molecular weight is 346 g/mol. The maximum Gasteiger partial charge on any atom is 0.227 e. The van der Waals surface area contributed by atoms with Gasteiger partial charge in [0.2, 0.25) is 11.8 Å². The van der Waals surface area contributed by atoms with Crippen LogP contribution in [0.15, 0.2) is 24.3 Å². The van der Waals surface area contributed by atoms with E-state index in [9.17, 15) is 14.0 Å². The van der Waals surface area contributed by atoms with Crippen molar-refractivity contribution in [1.29, 1.82) is 0 Å². The predicted molar refractivity (Wildman–Crippen MR) is 94.5 cm³/mol. The van der Waals surface area contributed by atoms with Gasteiger partial charge in [0.25, 0.3) is 0 Å². The topological polar surface area (TPSA) is 40.6 Å². The molecule has 2 saturated heterocycles. The highest BCUT2D eigenvalue weighted by molar-refractivity contribution is 5.82. The van der Waals surface area contributed by atoms with Gasteiger partial charge >= 0.3 is 0 Å². The minimum absolute atomic E-state index is 0.0226.